The quantitative estimate of drug-likeness (QED) is 0.563. The van der Waals surface area contributed by atoms with E-state index >= 15 is 0 Å². The van der Waals surface area contributed by atoms with E-state index in [2.05, 4.69) is 13.8 Å². The van der Waals surface area contributed by atoms with E-state index in [0.29, 0.717) is 6.42 Å². The van der Waals surface area contributed by atoms with Crippen LogP contribution >= 0.6 is 7.14 Å². The first kappa shape index (κ1) is 16.9. The molecule has 0 bridgehead atoms. The van der Waals surface area contributed by atoms with Gasteiger partial charge >= 0.3 is 0 Å². The Balaban J connectivity index is 4.86. The van der Waals surface area contributed by atoms with Crippen LogP contribution in [0.5, 0.6) is 0 Å². The number of hydrogen-bond acceptors (Lipinski definition) is 2. The molecule has 0 spiro atoms. The topological polar surface area (TPSA) is 34.1 Å². The van der Waals surface area contributed by atoms with Crippen LogP contribution in [0.3, 0.4) is 0 Å². The van der Waals surface area contributed by atoms with Gasteiger partial charge in [-0.25, -0.2) is 0 Å². The molecule has 0 aromatic rings. The van der Waals surface area contributed by atoms with Gasteiger partial charge in [-0.1, -0.05) is 40.5 Å². The lowest BCUT2D eigenvalue weighted by Crippen LogP contribution is -2.26. The molecule has 0 heterocycles. The molecule has 102 valence electrons. The molecule has 0 saturated carbocycles. The van der Waals surface area contributed by atoms with Gasteiger partial charge in [0.25, 0.3) is 0 Å². The fourth-order valence-corrected chi connectivity index (χ4v) is 5.90. The summed E-state index contributed by atoms with van der Waals surface area (Å²) in [6.45, 7) is 9.89. The molecule has 0 rings (SSSR count). The Hall–Kier alpha value is -0.100. The number of carbonyl (C=O) groups excluding carboxylic acids is 1. The van der Waals surface area contributed by atoms with E-state index < -0.39 is 7.14 Å². The van der Waals surface area contributed by atoms with Crippen LogP contribution in [0.25, 0.3) is 0 Å². The van der Waals surface area contributed by atoms with Gasteiger partial charge in [-0.15, -0.1) is 0 Å². The third-order valence-electron chi connectivity index (χ3n) is 3.53. The minimum atomic E-state index is -2.23. The van der Waals surface area contributed by atoms with E-state index in [0.717, 1.165) is 38.0 Å². The minimum absolute atomic E-state index is 0.156. The van der Waals surface area contributed by atoms with Gasteiger partial charge in [-0.05, 0) is 19.8 Å². The van der Waals surface area contributed by atoms with Gasteiger partial charge in [-0.3, -0.25) is 4.79 Å². The molecule has 0 radical (unpaired) electrons. The van der Waals surface area contributed by atoms with Crippen LogP contribution in [0.1, 0.15) is 66.7 Å². The second-order valence-corrected chi connectivity index (χ2v) is 9.62. The largest absolute Gasteiger partial charge is 0.323 e. The zero-order valence-corrected chi connectivity index (χ0v) is 13.1. The number of hydrogen-bond donors (Lipinski definition) is 0. The normalized spacial score (nSPS) is 12.8. The molecule has 0 aliphatic heterocycles. The summed E-state index contributed by atoms with van der Waals surface area (Å²) in [4.78, 5) is 11.3. The lowest BCUT2D eigenvalue weighted by Gasteiger charge is -2.34. The van der Waals surface area contributed by atoms with Crippen LogP contribution in [0, 0.1) is 0 Å². The van der Waals surface area contributed by atoms with E-state index in [4.69, 9.17) is 0 Å². The first-order valence-electron chi connectivity index (χ1n) is 6.86. The SMILES string of the molecule is CCCCP(=O)(CCCC)C(C)(C)CC(C)=O. The molecule has 2 nitrogen and oxygen atoms in total. The van der Waals surface area contributed by atoms with Crippen LogP contribution in [-0.2, 0) is 9.36 Å². The van der Waals surface area contributed by atoms with Crippen LogP contribution in [0.2, 0.25) is 0 Å². The lowest BCUT2D eigenvalue weighted by molar-refractivity contribution is -0.117. The summed E-state index contributed by atoms with van der Waals surface area (Å²) in [6.07, 6.45) is 6.26. The molecule has 17 heavy (non-hydrogen) atoms. The fraction of sp³-hybridized carbons (Fsp3) is 0.929. The van der Waals surface area contributed by atoms with Crippen molar-refractivity contribution in [3.63, 3.8) is 0 Å². The van der Waals surface area contributed by atoms with Crippen molar-refractivity contribution in [2.75, 3.05) is 12.3 Å². The number of carbonyl (C=O) groups is 1. The third kappa shape index (κ3) is 5.38. The maximum absolute atomic E-state index is 13.1. The Morgan fingerprint density at radius 1 is 1.06 bits per heavy atom. The highest BCUT2D eigenvalue weighted by Gasteiger charge is 2.39. The van der Waals surface area contributed by atoms with Crippen LogP contribution in [-0.4, -0.2) is 23.3 Å². The highest BCUT2D eigenvalue weighted by atomic mass is 31.2. The molecular formula is C14H29O2P. The molecule has 0 aliphatic carbocycles. The molecule has 0 aliphatic rings. The van der Waals surface area contributed by atoms with Crippen molar-refractivity contribution in [3.8, 4) is 0 Å². The van der Waals surface area contributed by atoms with Crippen molar-refractivity contribution in [3.05, 3.63) is 0 Å². The summed E-state index contributed by atoms with van der Waals surface area (Å²) in [7, 11) is -2.23. The average molecular weight is 260 g/mol. The van der Waals surface area contributed by atoms with Crippen molar-refractivity contribution >= 4 is 12.9 Å². The molecule has 0 amide bonds. The van der Waals surface area contributed by atoms with Crippen LogP contribution < -0.4 is 0 Å². The number of Topliss-reactive ketones (excluding diaryl/α,β-unsaturated/α-hetero) is 1. The highest BCUT2D eigenvalue weighted by Crippen LogP contribution is 2.60. The average Bonchev–Trinajstić information content (AvgIpc) is 2.21. The standard InChI is InChI=1S/C14H29O2P/c1-6-8-10-17(16,11-9-7-2)14(4,5)12-13(3)15/h6-12H2,1-5H3. The Bertz CT molecular complexity index is 270. The predicted octanol–water partition coefficient (Wildman–Crippen LogP) is 4.71. The molecule has 0 saturated heterocycles. The van der Waals surface area contributed by atoms with Crippen molar-refractivity contribution in [1.29, 1.82) is 0 Å². The molecule has 0 unspecified atom stereocenters. The summed E-state index contributed by atoms with van der Waals surface area (Å²) in [5.41, 5.74) is 0. The van der Waals surface area contributed by atoms with Gasteiger partial charge in [-0.2, -0.15) is 0 Å². The van der Waals surface area contributed by atoms with E-state index in [1.165, 1.54) is 0 Å². The summed E-state index contributed by atoms with van der Waals surface area (Å²) < 4.78 is 13.1. The maximum atomic E-state index is 13.1. The van der Waals surface area contributed by atoms with Gasteiger partial charge in [0.1, 0.15) is 5.78 Å². The van der Waals surface area contributed by atoms with E-state index in [1.54, 1.807) is 6.92 Å². The molecule has 0 aromatic carbocycles. The molecule has 0 N–H and O–H groups in total. The molecule has 3 heteroatoms. The van der Waals surface area contributed by atoms with Gasteiger partial charge in [0, 0.05) is 23.9 Å². The number of rotatable bonds is 9. The van der Waals surface area contributed by atoms with E-state index in [9.17, 15) is 9.36 Å². The Morgan fingerprint density at radius 3 is 1.76 bits per heavy atom. The Labute approximate surface area is 107 Å². The third-order valence-corrected chi connectivity index (χ3v) is 7.97. The van der Waals surface area contributed by atoms with Gasteiger partial charge < -0.3 is 4.57 Å². The Kier molecular flexibility index (Phi) is 7.32. The molecular weight excluding hydrogens is 231 g/mol. The number of unbranched alkanes of at least 4 members (excludes halogenated alkanes) is 2. The van der Waals surface area contributed by atoms with Crippen molar-refractivity contribution in [2.45, 2.75) is 71.9 Å². The summed E-state index contributed by atoms with van der Waals surface area (Å²) >= 11 is 0. The zero-order chi connectivity index (χ0) is 13.5. The summed E-state index contributed by atoms with van der Waals surface area (Å²) in [5.74, 6) is 0.156. The van der Waals surface area contributed by atoms with Crippen molar-refractivity contribution < 1.29 is 9.36 Å². The molecule has 0 aromatic heterocycles. The van der Waals surface area contributed by atoms with Crippen molar-refractivity contribution in [2.24, 2.45) is 0 Å². The van der Waals surface area contributed by atoms with E-state index in [-0.39, 0.29) is 10.9 Å². The second kappa shape index (κ2) is 7.36. The predicted molar refractivity (Wildman–Crippen MR) is 76.5 cm³/mol. The lowest BCUT2D eigenvalue weighted by atomic mass is 10.1. The monoisotopic (exact) mass is 260 g/mol. The smallest absolute Gasteiger partial charge is 0.130 e. The van der Waals surface area contributed by atoms with Gasteiger partial charge in [0.05, 0.1) is 7.14 Å². The first-order valence-corrected chi connectivity index (χ1v) is 8.94. The van der Waals surface area contributed by atoms with E-state index in [1.807, 2.05) is 13.8 Å². The number of ketones is 1. The van der Waals surface area contributed by atoms with Gasteiger partial charge in [0.2, 0.25) is 0 Å². The highest BCUT2D eigenvalue weighted by molar-refractivity contribution is 7.65. The molecule has 0 fully saturated rings. The first-order chi connectivity index (χ1) is 7.79. The fourth-order valence-electron chi connectivity index (χ4n) is 2.30. The second-order valence-electron chi connectivity index (χ2n) is 5.73. The van der Waals surface area contributed by atoms with Crippen LogP contribution in [0.4, 0.5) is 0 Å². The van der Waals surface area contributed by atoms with Crippen LogP contribution in [0.15, 0.2) is 0 Å². The summed E-state index contributed by atoms with van der Waals surface area (Å²) in [6, 6.07) is 0. The van der Waals surface area contributed by atoms with Crippen molar-refractivity contribution in [1.82, 2.24) is 0 Å². The Morgan fingerprint density at radius 2 is 1.47 bits per heavy atom. The maximum Gasteiger partial charge on any atom is 0.130 e. The van der Waals surface area contributed by atoms with Gasteiger partial charge in [0.15, 0.2) is 0 Å². The summed E-state index contributed by atoms with van der Waals surface area (Å²) in [5, 5.41) is -0.316. The molecule has 0 atom stereocenters. The minimum Gasteiger partial charge on any atom is -0.323 e. The zero-order valence-electron chi connectivity index (χ0n) is 12.2.